The van der Waals surface area contributed by atoms with Crippen molar-refractivity contribution in [3.63, 3.8) is 0 Å². The lowest BCUT2D eigenvalue weighted by Crippen LogP contribution is -2.55. The zero-order valence-electron chi connectivity index (χ0n) is 15.5. The Kier molecular flexibility index (Phi) is 4.85. The highest BCUT2D eigenvalue weighted by molar-refractivity contribution is 5.89. The molecule has 0 aromatic heterocycles. The molecule has 2 saturated heterocycles. The van der Waals surface area contributed by atoms with E-state index < -0.39 is 0 Å². The number of amides is 3. The number of likely N-dealkylation sites (tertiary alicyclic amines) is 1. The molecule has 4 rings (SSSR count). The molecular weight excluding hydrogens is 328 g/mol. The van der Waals surface area contributed by atoms with Gasteiger partial charge in [-0.25, -0.2) is 4.79 Å². The van der Waals surface area contributed by atoms with Crippen LogP contribution in [0.3, 0.4) is 0 Å². The molecule has 2 heterocycles. The van der Waals surface area contributed by atoms with E-state index in [4.69, 9.17) is 0 Å². The van der Waals surface area contributed by atoms with Crippen molar-refractivity contribution < 1.29 is 9.59 Å². The summed E-state index contributed by atoms with van der Waals surface area (Å²) in [6, 6.07) is 8.45. The van der Waals surface area contributed by atoms with E-state index in [0.29, 0.717) is 32.2 Å². The highest BCUT2D eigenvalue weighted by Gasteiger charge is 2.41. The lowest BCUT2D eigenvalue weighted by Gasteiger charge is -2.37. The molecule has 0 radical (unpaired) electrons. The highest BCUT2D eigenvalue weighted by Crippen LogP contribution is 2.34. The molecule has 1 aromatic carbocycles. The summed E-state index contributed by atoms with van der Waals surface area (Å²) in [6.45, 7) is 5.54. The van der Waals surface area contributed by atoms with E-state index in [9.17, 15) is 9.59 Å². The number of nitrogens with zero attached hydrogens (tertiary/aromatic N) is 3. The number of hydrogen-bond acceptors (Lipinski definition) is 3. The fraction of sp³-hybridized carbons (Fsp3) is 0.600. The Balaban J connectivity index is 1.29. The van der Waals surface area contributed by atoms with E-state index in [1.54, 1.807) is 4.90 Å². The van der Waals surface area contributed by atoms with E-state index in [1.165, 1.54) is 12.8 Å². The fourth-order valence-corrected chi connectivity index (χ4v) is 4.16. The molecule has 3 fully saturated rings. The Morgan fingerprint density at radius 2 is 1.73 bits per heavy atom. The predicted molar refractivity (Wildman–Crippen MR) is 101 cm³/mol. The summed E-state index contributed by atoms with van der Waals surface area (Å²) in [5, 5.41) is 2.96. The first-order chi connectivity index (χ1) is 12.6. The average molecular weight is 356 g/mol. The number of rotatable bonds is 3. The second-order valence-electron chi connectivity index (χ2n) is 7.74. The molecule has 2 aliphatic heterocycles. The van der Waals surface area contributed by atoms with Gasteiger partial charge in [-0.2, -0.15) is 0 Å². The SMILES string of the molecule is Cc1cccc(NC(=O)N2CCN(C(=O)C3CCCN3C3CC3)CC2)c1. The highest BCUT2D eigenvalue weighted by atomic mass is 16.2. The Morgan fingerprint density at radius 1 is 1.00 bits per heavy atom. The van der Waals surface area contributed by atoms with Gasteiger partial charge in [-0.3, -0.25) is 9.69 Å². The van der Waals surface area contributed by atoms with Crippen LogP contribution in [0.25, 0.3) is 0 Å². The summed E-state index contributed by atoms with van der Waals surface area (Å²) in [5.41, 5.74) is 1.94. The molecule has 1 atom stereocenters. The molecule has 3 aliphatic rings. The predicted octanol–water partition coefficient (Wildman–Crippen LogP) is 2.30. The molecular formula is C20H28N4O2. The minimum Gasteiger partial charge on any atom is -0.338 e. The lowest BCUT2D eigenvalue weighted by atomic mass is 10.1. The minimum absolute atomic E-state index is 0.0789. The lowest BCUT2D eigenvalue weighted by molar-refractivity contribution is -0.137. The number of aryl methyl sites for hydroxylation is 1. The molecule has 3 amide bonds. The van der Waals surface area contributed by atoms with Gasteiger partial charge in [0.25, 0.3) is 0 Å². The first kappa shape index (κ1) is 17.3. The van der Waals surface area contributed by atoms with Crippen molar-refractivity contribution in [2.75, 3.05) is 38.0 Å². The first-order valence-corrected chi connectivity index (χ1v) is 9.79. The Bertz CT molecular complexity index is 680. The third-order valence-electron chi connectivity index (χ3n) is 5.74. The van der Waals surface area contributed by atoms with Gasteiger partial charge in [0.2, 0.25) is 5.91 Å². The molecule has 6 heteroatoms. The third kappa shape index (κ3) is 3.70. The number of anilines is 1. The summed E-state index contributed by atoms with van der Waals surface area (Å²) in [7, 11) is 0. The van der Waals surface area contributed by atoms with Crippen LogP contribution in [0.2, 0.25) is 0 Å². The van der Waals surface area contributed by atoms with E-state index in [1.807, 2.05) is 36.1 Å². The summed E-state index contributed by atoms with van der Waals surface area (Å²) in [4.78, 5) is 31.6. The van der Waals surface area contributed by atoms with E-state index >= 15 is 0 Å². The van der Waals surface area contributed by atoms with Crippen LogP contribution in [0.15, 0.2) is 24.3 Å². The van der Waals surface area contributed by atoms with Gasteiger partial charge >= 0.3 is 6.03 Å². The summed E-state index contributed by atoms with van der Waals surface area (Å²) in [5.74, 6) is 0.271. The number of carbonyl (C=O) groups is 2. The van der Waals surface area contributed by atoms with Crippen LogP contribution in [-0.2, 0) is 4.79 Å². The number of nitrogens with one attached hydrogen (secondary N) is 1. The number of carbonyl (C=O) groups excluding carboxylic acids is 2. The maximum absolute atomic E-state index is 12.9. The van der Waals surface area contributed by atoms with Gasteiger partial charge in [-0.05, 0) is 56.8 Å². The van der Waals surface area contributed by atoms with Gasteiger partial charge in [0.15, 0.2) is 0 Å². The van der Waals surface area contributed by atoms with Crippen LogP contribution in [-0.4, -0.2) is 71.4 Å². The molecule has 6 nitrogen and oxygen atoms in total. The van der Waals surface area contributed by atoms with Crippen molar-refractivity contribution in [2.45, 2.75) is 44.7 Å². The summed E-state index contributed by atoms with van der Waals surface area (Å²) >= 11 is 0. The fourth-order valence-electron chi connectivity index (χ4n) is 4.16. The molecule has 1 unspecified atom stereocenters. The number of benzene rings is 1. The standard InChI is InChI=1S/C20H28N4O2/c1-15-4-2-5-16(14-15)21-20(26)23-12-10-22(11-13-23)19(25)18-6-3-9-24(18)17-7-8-17/h2,4-5,14,17-18H,3,6-13H2,1H3,(H,21,26). The van der Waals surface area contributed by atoms with Crippen LogP contribution in [0, 0.1) is 6.92 Å². The van der Waals surface area contributed by atoms with Crippen LogP contribution in [0.1, 0.15) is 31.2 Å². The Labute approximate surface area is 155 Å². The van der Waals surface area contributed by atoms with Crippen molar-refractivity contribution in [3.8, 4) is 0 Å². The summed E-state index contributed by atoms with van der Waals surface area (Å²) < 4.78 is 0. The number of piperazine rings is 1. The van der Waals surface area contributed by atoms with Gasteiger partial charge in [0.1, 0.15) is 0 Å². The first-order valence-electron chi connectivity index (χ1n) is 9.79. The molecule has 140 valence electrons. The smallest absolute Gasteiger partial charge is 0.321 e. The molecule has 1 aromatic rings. The Hall–Kier alpha value is -2.08. The number of hydrogen-bond donors (Lipinski definition) is 1. The van der Waals surface area contributed by atoms with E-state index in [-0.39, 0.29) is 18.0 Å². The molecule has 26 heavy (non-hydrogen) atoms. The van der Waals surface area contributed by atoms with Gasteiger partial charge in [0.05, 0.1) is 6.04 Å². The quantitative estimate of drug-likeness (QED) is 0.904. The molecule has 0 spiro atoms. The maximum atomic E-state index is 12.9. The van der Waals surface area contributed by atoms with Crippen molar-refractivity contribution >= 4 is 17.6 Å². The van der Waals surface area contributed by atoms with Gasteiger partial charge < -0.3 is 15.1 Å². The topological polar surface area (TPSA) is 55.9 Å². The summed E-state index contributed by atoms with van der Waals surface area (Å²) in [6.07, 6.45) is 4.61. The number of urea groups is 1. The largest absolute Gasteiger partial charge is 0.338 e. The molecule has 1 N–H and O–H groups in total. The molecule has 1 aliphatic carbocycles. The monoisotopic (exact) mass is 356 g/mol. The van der Waals surface area contributed by atoms with E-state index in [0.717, 1.165) is 30.6 Å². The average Bonchev–Trinajstić information content (AvgIpc) is 3.38. The van der Waals surface area contributed by atoms with Crippen LogP contribution in [0.4, 0.5) is 10.5 Å². The van der Waals surface area contributed by atoms with Gasteiger partial charge in [0, 0.05) is 37.9 Å². The normalized spacial score (nSPS) is 24.0. The van der Waals surface area contributed by atoms with Crippen molar-refractivity contribution in [1.29, 1.82) is 0 Å². The van der Waals surface area contributed by atoms with Crippen molar-refractivity contribution in [2.24, 2.45) is 0 Å². The third-order valence-corrected chi connectivity index (χ3v) is 5.74. The van der Waals surface area contributed by atoms with Crippen molar-refractivity contribution in [1.82, 2.24) is 14.7 Å². The zero-order chi connectivity index (χ0) is 18.1. The maximum Gasteiger partial charge on any atom is 0.321 e. The van der Waals surface area contributed by atoms with Gasteiger partial charge in [-0.1, -0.05) is 12.1 Å². The Morgan fingerprint density at radius 3 is 2.42 bits per heavy atom. The van der Waals surface area contributed by atoms with Gasteiger partial charge in [-0.15, -0.1) is 0 Å². The van der Waals surface area contributed by atoms with Crippen LogP contribution < -0.4 is 5.32 Å². The van der Waals surface area contributed by atoms with Crippen LogP contribution >= 0.6 is 0 Å². The minimum atomic E-state index is -0.0804. The van der Waals surface area contributed by atoms with Crippen LogP contribution in [0.5, 0.6) is 0 Å². The molecule has 0 bridgehead atoms. The second-order valence-corrected chi connectivity index (χ2v) is 7.74. The zero-order valence-corrected chi connectivity index (χ0v) is 15.5. The van der Waals surface area contributed by atoms with E-state index in [2.05, 4.69) is 10.2 Å². The molecule has 1 saturated carbocycles. The second kappa shape index (κ2) is 7.27. The van der Waals surface area contributed by atoms with Crippen molar-refractivity contribution in [3.05, 3.63) is 29.8 Å².